The average Bonchev–Trinajstić information content (AvgIpc) is 2.52. The molecule has 0 N–H and O–H groups in total. The summed E-state index contributed by atoms with van der Waals surface area (Å²) >= 11 is 0. The molecule has 0 spiro atoms. The van der Waals surface area contributed by atoms with Crippen LogP contribution in [-0.2, 0) is 11.3 Å². The average molecular weight is 325 g/mol. The molecule has 0 amide bonds. The largest absolute Gasteiger partial charge is 0.573 e. The number of alkyl halides is 3. The molecule has 0 aliphatic heterocycles. The minimum atomic E-state index is -4.67. The molecule has 1 aliphatic carbocycles. The Balaban J connectivity index is 1.74. The molecule has 1 fully saturated rings. The third-order valence-electron chi connectivity index (χ3n) is 3.80. The van der Waals surface area contributed by atoms with Crippen LogP contribution in [0.5, 0.6) is 5.75 Å². The van der Waals surface area contributed by atoms with Gasteiger partial charge in [-0.05, 0) is 49.3 Å². The number of halogens is 3. The highest BCUT2D eigenvalue weighted by atomic mass is 19.4. The van der Waals surface area contributed by atoms with E-state index in [1.165, 1.54) is 18.2 Å². The first-order valence-corrected chi connectivity index (χ1v) is 7.49. The smallest absolute Gasteiger partial charge is 0.406 e. The van der Waals surface area contributed by atoms with E-state index >= 15 is 0 Å². The minimum Gasteiger partial charge on any atom is -0.406 e. The van der Waals surface area contributed by atoms with Gasteiger partial charge in [0, 0.05) is 6.08 Å². The van der Waals surface area contributed by atoms with Crippen LogP contribution in [0.4, 0.5) is 13.2 Å². The van der Waals surface area contributed by atoms with E-state index in [0.29, 0.717) is 12.5 Å². The van der Waals surface area contributed by atoms with E-state index in [-0.39, 0.29) is 11.9 Å². The second-order valence-corrected chi connectivity index (χ2v) is 5.53. The first-order chi connectivity index (χ1) is 11.0. The third kappa shape index (κ3) is 6.33. The number of rotatable bonds is 5. The number of ether oxygens (including phenoxy) is 2. The summed E-state index contributed by atoms with van der Waals surface area (Å²) in [6, 6.07) is 7.72. The Morgan fingerprint density at radius 1 is 1.13 bits per heavy atom. The fourth-order valence-electron chi connectivity index (χ4n) is 2.63. The predicted octanol–water partition coefficient (Wildman–Crippen LogP) is 4.74. The van der Waals surface area contributed by atoms with Crippen molar-refractivity contribution >= 4 is 0 Å². The first kappa shape index (κ1) is 17.4. The van der Waals surface area contributed by atoms with Crippen molar-refractivity contribution in [3.63, 3.8) is 0 Å². The van der Waals surface area contributed by atoms with Gasteiger partial charge in [0.2, 0.25) is 0 Å². The second-order valence-electron chi connectivity index (χ2n) is 5.53. The minimum absolute atomic E-state index is 0.160. The van der Waals surface area contributed by atoms with Crippen LogP contribution in [0.3, 0.4) is 0 Å². The lowest BCUT2D eigenvalue weighted by molar-refractivity contribution is -0.274. The van der Waals surface area contributed by atoms with Crippen LogP contribution in [0.25, 0.3) is 0 Å². The molecule has 0 saturated heterocycles. The molecule has 1 aromatic rings. The van der Waals surface area contributed by atoms with Crippen molar-refractivity contribution in [3.8, 4) is 11.8 Å². The van der Waals surface area contributed by atoms with Crippen LogP contribution >= 0.6 is 0 Å². The van der Waals surface area contributed by atoms with E-state index in [1.807, 2.05) is 12.1 Å². The summed E-state index contributed by atoms with van der Waals surface area (Å²) in [6.07, 6.45) is 2.78. The summed E-state index contributed by atoms with van der Waals surface area (Å²) in [6.45, 7) is 0.371. The summed E-state index contributed by atoms with van der Waals surface area (Å²) in [5.41, 5.74) is 0.811. The Hall–Kier alpha value is -2.00. The Bertz CT molecular complexity index is 553. The van der Waals surface area contributed by atoms with Gasteiger partial charge in [-0.3, -0.25) is 0 Å². The number of hydrogen-bond donors (Lipinski definition) is 0. The summed E-state index contributed by atoms with van der Waals surface area (Å²) in [7, 11) is 0. The molecule has 0 radical (unpaired) electrons. The quantitative estimate of drug-likeness (QED) is 0.734. The Morgan fingerprint density at radius 3 is 2.35 bits per heavy atom. The molecule has 1 aromatic carbocycles. The Kier molecular flexibility index (Phi) is 6.05. The van der Waals surface area contributed by atoms with Crippen molar-refractivity contribution in [1.29, 1.82) is 5.26 Å². The van der Waals surface area contributed by atoms with Gasteiger partial charge in [-0.2, -0.15) is 5.26 Å². The van der Waals surface area contributed by atoms with Gasteiger partial charge in [0.1, 0.15) is 5.75 Å². The third-order valence-corrected chi connectivity index (χ3v) is 3.80. The predicted molar refractivity (Wildman–Crippen MR) is 78.4 cm³/mol. The molecule has 0 bridgehead atoms. The maximum Gasteiger partial charge on any atom is 0.573 e. The van der Waals surface area contributed by atoms with E-state index in [2.05, 4.69) is 4.74 Å². The van der Waals surface area contributed by atoms with Gasteiger partial charge in [0.15, 0.2) is 0 Å². The lowest BCUT2D eigenvalue weighted by Gasteiger charge is -2.26. The molecule has 6 heteroatoms. The normalized spacial score (nSPS) is 22.0. The lowest BCUT2D eigenvalue weighted by Crippen LogP contribution is -2.20. The van der Waals surface area contributed by atoms with Crippen LogP contribution in [0.15, 0.2) is 36.4 Å². The van der Waals surface area contributed by atoms with Gasteiger partial charge in [-0.15, -0.1) is 13.2 Å². The molecule has 23 heavy (non-hydrogen) atoms. The summed E-state index contributed by atoms with van der Waals surface area (Å²) < 4.78 is 45.9. The highest BCUT2D eigenvalue weighted by molar-refractivity contribution is 5.27. The van der Waals surface area contributed by atoms with Crippen LogP contribution in [0.2, 0.25) is 0 Å². The van der Waals surface area contributed by atoms with Crippen molar-refractivity contribution in [3.05, 3.63) is 42.0 Å². The SMILES string of the molecule is N#CC=CC1CCC(OCc2ccc(OC(F)(F)F)cc2)CC1. The standard InChI is InChI=1S/C17H18F3NO2/c18-17(19,20)23-16-9-5-14(6-10-16)12-22-15-7-3-13(4-8-15)2-1-11-21/h1-2,5-6,9-10,13,15H,3-4,7-8,12H2. The zero-order valence-electron chi connectivity index (χ0n) is 12.6. The van der Waals surface area contributed by atoms with Gasteiger partial charge in [-0.1, -0.05) is 18.2 Å². The highest BCUT2D eigenvalue weighted by Crippen LogP contribution is 2.28. The molecule has 0 heterocycles. The molecule has 124 valence electrons. The van der Waals surface area contributed by atoms with Crippen molar-refractivity contribution in [2.24, 2.45) is 5.92 Å². The molecule has 0 unspecified atom stereocenters. The van der Waals surface area contributed by atoms with Gasteiger partial charge >= 0.3 is 6.36 Å². The van der Waals surface area contributed by atoms with Gasteiger partial charge in [0.05, 0.1) is 18.8 Å². The second kappa shape index (κ2) is 8.02. The van der Waals surface area contributed by atoms with Crippen LogP contribution in [0, 0.1) is 17.2 Å². The molecular weight excluding hydrogens is 307 g/mol. The monoisotopic (exact) mass is 325 g/mol. The highest BCUT2D eigenvalue weighted by Gasteiger charge is 2.31. The molecule has 0 aromatic heterocycles. The van der Waals surface area contributed by atoms with E-state index < -0.39 is 6.36 Å². The van der Waals surface area contributed by atoms with Gasteiger partial charge < -0.3 is 9.47 Å². The van der Waals surface area contributed by atoms with Gasteiger partial charge in [0.25, 0.3) is 0 Å². The van der Waals surface area contributed by atoms with E-state index in [9.17, 15) is 13.2 Å². The molecule has 0 atom stereocenters. The lowest BCUT2D eigenvalue weighted by atomic mass is 9.87. The maximum atomic E-state index is 12.1. The van der Waals surface area contributed by atoms with E-state index in [0.717, 1.165) is 31.2 Å². The zero-order chi connectivity index (χ0) is 16.7. The Morgan fingerprint density at radius 2 is 1.78 bits per heavy atom. The molecule has 1 saturated carbocycles. The Labute approximate surface area is 133 Å². The van der Waals surface area contributed by atoms with Crippen molar-refractivity contribution in [2.75, 3.05) is 0 Å². The summed E-state index contributed by atoms with van der Waals surface area (Å²) in [4.78, 5) is 0. The summed E-state index contributed by atoms with van der Waals surface area (Å²) in [5, 5.41) is 8.51. The molecule has 1 aliphatic rings. The van der Waals surface area contributed by atoms with Crippen molar-refractivity contribution in [2.45, 2.75) is 44.8 Å². The van der Waals surface area contributed by atoms with Gasteiger partial charge in [-0.25, -0.2) is 0 Å². The molecular formula is C17H18F3NO2. The van der Waals surface area contributed by atoms with Crippen LogP contribution < -0.4 is 4.74 Å². The zero-order valence-corrected chi connectivity index (χ0v) is 12.6. The summed E-state index contributed by atoms with van der Waals surface area (Å²) in [5.74, 6) is 0.208. The van der Waals surface area contributed by atoms with Crippen molar-refractivity contribution < 1.29 is 22.6 Å². The topological polar surface area (TPSA) is 42.2 Å². The number of hydrogen-bond acceptors (Lipinski definition) is 3. The molecule has 2 rings (SSSR count). The molecule has 3 nitrogen and oxygen atoms in total. The number of benzene rings is 1. The first-order valence-electron chi connectivity index (χ1n) is 7.49. The van der Waals surface area contributed by atoms with E-state index in [1.54, 1.807) is 12.1 Å². The fourth-order valence-corrected chi connectivity index (χ4v) is 2.63. The van der Waals surface area contributed by atoms with Crippen molar-refractivity contribution in [1.82, 2.24) is 0 Å². The number of nitriles is 1. The van der Waals surface area contributed by atoms with Crippen LogP contribution in [-0.4, -0.2) is 12.5 Å². The van der Waals surface area contributed by atoms with Crippen LogP contribution in [0.1, 0.15) is 31.2 Å². The van der Waals surface area contributed by atoms with E-state index in [4.69, 9.17) is 10.00 Å². The number of allylic oxidation sites excluding steroid dienone is 2. The number of nitrogens with zero attached hydrogens (tertiary/aromatic N) is 1. The fraction of sp³-hybridized carbons (Fsp3) is 0.471. The maximum absolute atomic E-state index is 12.1.